The van der Waals surface area contributed by atoms with Gasteiger partial charge in [-0.15, -0.1) is 0 Å². The van der Waals surface area contributed by atoms with Crippen molar-refractivity contribution in [3.05, 3.63) is 56.9 Å². The van der Waals surface area contributed by atoms with Crippen LogP contribution in [-0.2, 0) is 4.79 Å². The number of halogens is 1. The summed E-state index contributed by atoms with van der Waals surface area (Å²) in [5.74, 6) is 1.57. The molecule has 5 nitrogen and oxygen atoms in total. The number of amidine groups is 1. The summed E-state index contributed by atoms with van der Waals surface area (Å²) in [7, 11) is 3.24. The van der Waals surface area contributed by atoms with Gasteiger partial charge < -0.3 is 14.8 Å². The van der Waals surface area contributed by atoms with E-state index in [1.165, 1.54) is 11.8 Å². The summed E-state index contributed by atoms with van der Waals surface area (Å²) in [5, 5.41) is 3.84. The number of hydrogen-bond acceptors (Lipinski definition) is 5. The Morgan fingerprint density at radius 3 is 2.52 bits per heavy atom. The minimum absolute atomic E-state index is 0.184. The Hall–Kier alpha value is -2.44. The van der Waals surface area contributed by atoms with Crippen molar-refractivity contribution in [1.82, 2.24) is 5.32 Å². The molecule has 0 unspecified atom stereocenters. The van der Waals surface area contributed by atoms with Crippen molar-refractivity contribution in [2.24, 2.45) is 4.99 Å². The number of thioether (sulfide) groups is 1. The number of benzene rings is 2. The molecule has 0 aromatic heterocycles. The maximum Gasteiger partial charge on any atom is 0.264 e. The van der Waals surface area contributed by atoms with Crippen LogP contribution in [0.5, 0.6) is 11.5 Å². The van der Waals surface area contributed by atoms with Crippen molar-refractivity contribution in [2.75, 3.05) is 14.2 Å². The van der Waals surface area contributed by atoms with Crippen LogP contribution in [0.15, 0.2) is 40.2 Å². The van der Waals surface area contributed by atoms with E-state index in [4.69, 9.17) is 21.1 Å². The molecule has 152 valence electrons. The van der Waals surface area contributed by atoms with Crippen LogP contribution < -0.4 is 14.8 Å². The molecule has 1 fully saturated rings. The molecule has 7 heteroatoms. The van der Waals surface area contributed by atoms with E-state index in [0.717, 1.165) is 22.4 Å². The summed E-state index contributed by atoms with van der Waals surface area (Å²) in [6.07, 6.45) is 1.89. The Morgan fingerprint density at radius 2 is 1.86 bits per heavy atom. The predicted molar refractivity (Wildman–Crippen MR) is 121 cm³/mol. The van der Waals surface area contributed by atoms with Gasteiger partial charge in [-0.2, -0.15) is 0 Å². The van der Waals surface area contributed by atoms with Crippen LogP contribution in [0.25, 0.3) is 6.08 Å². The molecule has 0 saturated carbocycles. The number of aliphatic imine (C=N–C) groups is 1. The van der Waals surface area contributed by atoms with Gasteiger partial charge in [0.25, 0.3) is 5.91 Å². The van der Waals surface area contributed by atoms with E-state index in [-0.39, 0.29) is 5.91 Å². The van der Waals surface area contributed by atoms with E-state index in [1.807, 2.05) is 19.1 Å². The highest BCUT2D eigenvalue weighted by Crippen LogP contribution is 2.35. The Bertz CT molecular complexity index is 1020. The molecule has 0 atom stereocenters. The second-order valence-electron chi connectivity index (χ2n) is 6.90. The molecule has 2 aromatic rings. The molecule has 0 radical (unpaired) electrons. The highest BCUT2D eigenvalue weighted by Gasteiger charge is 2.25. The molecule has 3 rings (SSSR count). The predicted octanol–water partition coefficient (Wildman–Crippen LogP) is 5.68. The molecule has 0 spiro atoms. The minimum Gasteiger partial charge on any atom is -0.496 e. The minimum atomic E-state index is -0.184. The Morgan fingerprint density at radius 1 is 1.14 bits per heavy atom. The topological polar surface area (TPSA) is 59.9 Å². The summed E-state index contributed by atoms with van der Waals surface area (Å²) in [4.78, 5) is 17.6. The molecule has 1 heterocycles. The second-order valence-corrected chi connectivity index (χ2v) is 8.37. The van der Waals surface area contributed by atoms with Crippen molar-refractivity contribution >= 4 is 46.2 Å². The molecule has 0 aliphatic carbocycles. The van der Waals surface area contributed by atoms with Crippen LogP contribution in [0.2, 0.25) is 5.02 Å². The zero-order valence-corrected chi connectivity index (χ0v) is 18.6. The first kappa shape index (κ1) is 21.3. The molecular formula is C22H23ClN2O3S. The number of methoxy groups -OCH3 is 2. The van der Waals surface area contributed by atoms with E-state index in [9.17, 15) is 4.79 Å². The van der Waals surface area contributed by atoms with Gasteiger partial charge in [-0.25, -0.2) is 4.99 Å². The largest absolute Gasteiger partial charge is 0.496 e. The summed E-state index contributed by atoms with van der Waals surface area (Å²) in [6.45, 7) is 6.23. The van der Waals surface area contributed by atoms with Crippen LogP contribution in [0, 0.1) is 6.92 Å². The summed E-state index contributed by atoms with van der Waals surface area (Å²) in [5.41, 5.74) is 3.68. The summed E-state index contributed by atoms with van der Waals surface area (Å²) < 4.78 is 10.8. The fourth-order valence-electron chi connectivity index (χ4n) is 2.98. The van der Waals surface area contributed by atoms with Gasteiger partial charge in [0.2, 0.25) is 0 Å². The third kappa shape index (κ3) is 4.77. The zero-order valence-electron chi connectivity index (χ0n) is 17.0. The average molecular weight is 431 g/mol. The summed E-state index contributed by atoms with van der Waals surface area (Å²) >= 11 is 7.35. The number of hydrogen-bond donors (Lipinski definition) is 1. The molecule has 1 saturated heterocycles. The number of amides is 1. The summed E-state index contributed by atoms with van der Waals surface area (Å²) in [6, 6.07) is 9.26. The normalized spacial score (nSPS) is 16.6. The lowest BCUT2D eigenvalue weighted by Gasteiger charge is -2.14. The number of carbonyl (C=O) groups is 1. The van der Waals surface area contributed by atoms with Crippen LogP contribution in [0.1, 0.15) is 36.5 Å². The molecule has 29 heavy (non-hydrogen) atoms. The van der Waals surface area contributed by atoms with Gasteiger partial charge >= 0.3 is 0 Å². The van der Waals surface area contributed by atoms with Gasteiger partial charge in [-0.05, 0) is 77.7 Å². The Balaban J connectivity index is 1.94. The highest BCUT2D eigenvalue weighted by atomic mass is 35.5. The van der Waals surface area contributed by atoms with E-state index in [2.05, 4.69) is 30.2 Å². The molecule has 2 aromatic carbocycles. The van der Waals surface area contributed by atoms with Crippen molar-refractivity contribution in [1.29, 1.82) is 0 Å². The van der Waals surface area contributed by atoms with Crippen molar-refractivity contribution in [3.8, 4) is 11.5 Å². The van der Waals surface area contributed by atoms with Crippen LogP contribution in [-0.4, -0.2) is 25.3 Å². The number of nitrogens with zero attached hydrogens (tertiary/aromatic N) is 1. The standard InChI is InChI=1S/C22H23ClN2O3S/c1-12(2)16-9-14(13(3)8-19(16)28-5)10-20-21(26)25-22(29-20)24-17-11-15(23)6-7-18(17)27-4/h6-12H,1-5H3,(H,24,25,26)/b20-10-. The maximum absolute atomic E-state index is 12.5. The Labute approximate surface area is 180 Å². The maximum atomic E-state index is 12.5. The molecular weight excluding hydrogens is 408 g/mol. The van der Waals surface area contributed by atoms with Crippen molar-refractivity contribution in [2.45, 2.75) is 26.7 Å². The molecule has 1 aliphatic rings. The quantitative estimate of drug-likeness (QED) is 0.620. The number of carbonyl (C=O) groups excluding carboxylic acids is 1. The van der Waals surface area contributed by atoms with Gasteiger partial charge in [0.05, 0.1) is 19.1 Å². The lowest BCUT2D eigenvalue weighted by Crippen LogP contribution is -2.19. The molecule has 0 bridgehead atoms. The van der Waals surface area contributed by atoms with E-state index < -0.39 is 0 Å². The second kappa shape index (κ2) is 8.93. The number of rotatable bonds is 5. The van der Waals surface area contributed by atoms with Gasteiger partial charge in [-0.3, -0.25) is 4.79 Å². The smallest absolute Gasteiger partial charge is 0.264 e. The SMILES string of the molecule is COc1ccc(Cl)cc1N=C1NC(=O)/C(=C/c2cc(C(C)C)c(OC)cc2C)S1. The molecule has 1 N–H and O–H groups in total. The fraction of sp³-hybridized carbons (Fsp3) is 0.273. The van der Waals surface area contributed by atoms with Crippen LogP contribution in [0.3, 0.4) is 0 Å². The first-order chi connectivity index (χ1) is 13.8. The Kier molecular flexibility index (Phi) is 6.55. The number of aryl methyl sites for hydroxylation is 1. The van der Waals surface area contributed by atoms with Gasteiger partial charge in [0, 0.05) is 5.02 Å². The monoisotopic (exact) mass is 430 g/mol. The van der Waals surface area contributed by atoms with Gasteiger partial charge in [-0.1, -0.05) is 25.4 Å². The molecule has 1 amide bonds. The number of nitrogens with one attached hydrogen (secondary N) is 1. The van der Waals surface area contributed by atoms with E-state index >= 15 is 0 Å². The van der Waals surface area contributed by atoms with Crippen LogP contribution in [0.4, 0.5) is 5.69 Å². The van der Waals surface area contributed by atoms with Crippen molar-refractivity contribution in [3.63, 3.8) is 0 Å². The lowest BCUT2D eigenvalue weighted by atomic mass is 9.96. The average Bonchev–Trinajstić information content (AvgIpc) is 3.01. The fourth-order valence-corrected chi connectivity index (χ4v) is 3.97. The third-order valence-electron chi connectivity index (χ3n) is 4.54. The van der Waals surface area contributed by atoms with Gasteiger partial charge in [0.1, 0.15) is 17.2 Å². The third-order valence-corrected chi connectivity index (χ3v) is 5.69. The van der Waals surface area contributed by atoms with E-state index in [1.54, 1.807) is 32.4 Å². The first-order valence-electron chi connectivity index (χ1n) is 9.14. The van der Waals surface area contributed by atoms with Gasteiger partial charge in [0.15, 0.2) is 5.17 Å². The van der Waals surface area contributed by atoms with Crippen LogP contribution >= 0.6 is 23.4 Å². The first-order valence-corrected chi connectivity index (χ1v) is 10.3. The van der Waals surface area contributed by atoms with E-state index in [0.29, 0.717) is 32.5 Å². The highest BCUT2D eigenvalue weighted by molar-refractivity contribution is 8.18. The number of ether oxygens (including phenoxy) is 2. The zero-order chi connectivity index (χ0) is 21.1. The molecule has 1 aliphatic heterocycles. The lowest BCUT2D eigenvalue weighted by molar-refractivity contribution is -0.115. The van der Waals surface area contributed by atoms with Crippen molar-refractivity contribution < 1.29 is 14.3 Å².